The fourth-order valence-electron chi connectivity index (χ4n) is 1.10. The van der Waals surface area contributed by atoms with Crippen LogP contribution in [0.4, 0.5) is 0 Å². The van der Waals surface area contributed by atoms with Crippen molar-refractivity contribution in [1.29, 1.82) is 0 Å². The maximum absolute atomic E-state index is 5.54. The highest BCUT2D eigenvalue weighted by atomic mass is 35.5. The second kappa shape index (κ2) is 7.32. The lowest BCUT2D eigenvalue weighted by atomic mass is 10.2. The van der Waals surface area contributed by atoms with Gasteiger partial charge in [-0.15, -0.1) is 11.6 Å². The van der Waals surface area contributed by atoms with E-state index in [-0.39, 0.29) is 0 Å². The largest absolute Gasteiger partial charge is 0.491 e. The van der Waals surface area contributed by atoms with Gasteiger partial charge in [0.2, 0.25) is 0 Å². The van der Waals surface area contributed by atoms with E-state index in [1.54, 1.807) is 7.11 Å². The van der Waals surface area contributed by atoms with E-state index in [0.717, 1.165) is 11.3 Å². The monoisotopic (exact) mass is 226 g/mol. The van der Waals surface area contributed by atoms with E-state index in [1.165, 1.54) is 0 Å². The van der Waals surface area contributed by atoms with Crippen LogP contribution in [0.25, 0.3) is 6.08 Å². The highest BCUT2D eigenvalue weighted by molar-refractivity contribution is 6.19. The molecule has 0 unspecified atom stereocenters. The minimum atomic E-state index is 0.534. The summed E-state index contributed by atoms with van der Waals surface area (Å²) in [5.41, 5.74) is 1.12. The van der Waals surface area contributed by atoms with Gasteiger partial charge in [0.25, 0.3) is 0 Å². The van der Waals surface area contributed by atoms with Crippen molar-refractivity contribution in [1.82, 2.24) is 0 Å². The molecule has 0 aliphatic heterocycles. The van der Waals surface area contributed by atoms with Crippen LogP contribution in [-0.4, -0.2) is 26.2 Å². The number of ether oxygens (including phenoxy) is 2. The Labute approximate surface area is 95.5 Å². The summed E-state index contributed by atoms with van der Waals surface area (Å²) < 4.78 is 10.3. The Morgan fingerprint density at radius 3 is 2.53 bits per heavy atom. The van der Waals surface area contributed by atoms with Gasteiger partial charge in [0.15, 0.2) is 0 Å². The fourth-order valence-corrected chi connectivity index (χ4v) is 1.19. The third-order valence-electron chi connectivity index (χ3n) is 1.84. The van der Waals surface area contributed by atoms with Crippen molar-refractivity contribution in [3.05, 3.63) is 35.9 Å². The smallest absolute Gasteiger partial charge is 0.119 e. The summed E-state index contributed by atoms with van der Waals surface area (Å²) in [6, 6.07) is 7.85. The van der Waals surface area contributed by atoms with Crippen molar-refractivity contribution < 1.29 is 9.47 Å². The Bertz CT molecular complexity index is 293. The number of benzene rings is 1. The Balaban J connectivity index is 2.45. The van der Waals surface area contributed by atoms with Crippen molar-refractivity contribution >= 4 is 17.7 Å². The maximum atomic E-state index is 5.54. The van der Waals surface area contributed by atoms with E-state index in [4.69, 9.17) is 21.1 Å². The Morgan fingerprint density at radius 1 is 1.20 bits per heavy atom. The molecule has 82 valence electrons. The van der Waals surface area contributed by atoms with Gasteiger partial charge in [0, 0.05) is 13.0 Å². The molecule has 0 saturated heterocycles. The molecule has 0 N–H and O–H groups in total. The van der Waals surface area contributed by atoms with E-state index in [0.29, 0.717) is 19.1 Å². The van der Waals surface area contributed by atoms with Crippen LogP contribution in [-0.2, 0) is 4.74 Å². The molecule has 15 heavy (non-hydrogen) atoms. The van der Waals surface area contributed by atoms with Gasteiger partial charge in [-0.05, 0) is 17.7 Å². The Morgan fingerprint density at radius 2 is 1.93 bits per heavy atom. The number of hydrogen-bond donors (Lipinski definition) is 0. The van der Waals surface area contributed by atoms with E-state index < -0.39 is 0 Å². The van der Waals surface area contributed by atoms with E-state index in [1.807, 2.05) is 36.4 Å². The van der Waals surface area contributed by atoms with Crippen LogP contribution < -0.4 is 4.74 Å². The van der Waals surface area contributed by atoms with Gasteiger partial charge in [-0.3, -0.25) is 0 Å². The molecule has 0 atom stereocenters. The van der Waals surface area contributed by atoms with Crippen LogP contribution in [0.1, 0.15) is 5.56 Å². The summed E-state index contributed by atoms with van der Waals surface area (Å²) in [6.45, 7) is 1.18. The average molecular weight is 227 g/mol. The predicted molar refractivity (Wildman–Crippen MR) is 63.6 cm³/mol. The van der Waals surface area contributed by atoms with Crippen LogP contribution >= 0.6 is 11.6 Å². The minimum Gasteiger partial charge on any atom is -0.491 e. The molecule has 0 spiro atoms. The first kappa shape index (κ1) is 12.1. The van der Waals surface area contributed by atoms with Crippen LogP contribution in [0, 0.1) is 0 Å². The highest BCUT2D eigenvalue weighted by Crippen LogP contribution is 2.13. The van der Waals surface area contributed by atoms with Crippen LogP contribution in [0.15, 0.2) is 30.3 Å². The van der Waals surface area contributed by atoms with Gasteiger partial charge in [-0.2, -0.15) is 0 Å². The molecule has 0 aliphatic carbocycles. The molecule has 1 aromatic carbocycles. The average Bonchev–Trinajstić information content (AvgIpc) is 2.28. The zero-order valence-electron chi connectivity index (χ0n) is 8.78. The summed E-state index contributed by atoms with van der Waals surface area (Å²) >= 11 is 5.54. The maximum Gasteiger partial charge on any atom is 0.119 e. The minimum absolute atomic E-state index is 0.534. The second-order valence-electron chi connectivity index (χ2n) is 2.97. The molecular formula is C12H15ClO2. The lowest BCUT2D eigenvalue weighted by molar-refractivity contribution is 0.146. The number of rotatable bonds is 6. The normalized spacial score (nSPS) is 10.8. The van der Waals surface area contributed by atoms with Crippen molar-refractivity contribution in [3.8, 4) is 5.75 Å². The molecule has 1 rings (SSSR count). The first-order valence-corrected chi connectivity index (χ1v) is 5.34. The lowest BCUT2D eigenvalue weighted by Gasteiger charge is -2.05. The quantitative estimate of drug-likeness (QED) is 0.549. The van der Waals surface area contributed by atoms with Crippen molar-refractivity contribution in [2.45, 2.75) is 0 Å². The van der Waals surface area contributed by atoms with Gasteiger partial charge in [-0.25, -0.2) is 0 Å². The zero-order valence-corrected chi connectivity index (χ0v) is 9.54. The summed E-state index contributed by atoms with van der Waals surface area (Å²) in [7, 11) is 1.66. The molecule has 1 aromatic rings. The molecule has 0 saturated carbocycles. The number of allylic oxidation sites excluding steroid dienone is 1. The molecule has 0 fully saturated rings. The number of alkyl halides is 1. The fraction of sp³-hybridized carbons (Fsp3) is 0.333. The van der Waals surface area contributed by atoms with Crippen molar-refractivity contribution in [3.63, 3.8) is 0 Å². The first-order chi connectivity index (χ1) is 7.36. The molecular weight excluding hydrogens is 212 g/mol. The first-order valence-electron chi connectivity index (χ1n) is 4.81. The van der Waals surface area contributed by atoms with E-state index in [9.17, 15) is 0 Å². The number of methoxy groups -OCH3 is 1. The zero-order chi connectivity index (χ0) is 10.9. The van der Waals surface area contributed by atoms with Gasteiger partial charge in [0.1, 0.15) is 12.4 Å². The molecule has 3 heteroatoms. The molecule has 0 amide bonds. The number of halogens is 1. The third-order valence-corrected chi connectivity index (χ3v) is 2.01. The molecule has 0 aliphatic rings. The highest BCUT2D eigenvalue weighted by Gasteiger charge is 1.92. The van der Waals surface area contributed by atoms with Gasteiger partial charge >= 0.3 is 0 Å². The Kier molecular flexibility index (Phi) is 5.90. The second-order valence-corrected chi connectivity index (χ2v) is 3.28. The number of hydrogen-bond acceptors (Lipinski definition) is 2. The molecule has 2 nitrogen and oxygen atoms in total. The summed E-state index contributed by atoms with van der Waals surface area (Å²) in [5, 5.41) is 0. The van der Waals surface area contributed by atoms with Crippen LogP contribution in [0.2, 0.25) is 0 Å². The topological polar surface area (TPSA) is 18.5 Å². The van der Waals surface area contributed by atoms with Crippen molar-refractivity contribution in [2.75, 3.05) is 26.2 Å². The van der Waals surface area contributed by atoms with Gasteiger partial charge in [-0.1, -0.05) is 24.3 Å². The van der Waals surface area contributed by atoms with Crippen molar-refractivity contribution in [2.24, 2.45) is 0 Å². The molecule has 0 radical (unpaired) electrons. The third kappa shape index (κ3) is 4.86. The lowest BCUT2D eigenvalue weighted by Crippen LogP contribution is -2.03. The molecule has 0 heterocycles. The standard InChI is InChI=1S/C12H15ClO2/c1-14-9-10-15-12-6-4-11(5-7-12)3-2-8-13/h2-7H,8-10H2,1H3. The predicted octanol–water partition coefficient (Wildman–Crippen LogP) is 2.96. The van der Waals surface area contributed by atoms with Gasteiger partial charge in [0.05, 0.1) is 6.61 Å². The summed E-state index contributed by atoms with van der Waals surface area (Å²) in [6.07, 6.45) is 3.88. The van der Waals surface area contributed by atoms with Crippen LogP contribution in [0.3, 0.4) is 0 Å². The van der Waals surface area contributed by atoms with Gasteiger partial charge < -0.3 is 9.47 Å². The molecule has 0 bridgehead atoms. The molecule has 0 aromatic heterocycles. The van der Waals surface area contributed by atoms with E-state index >= 15 is 0 Å². The van der Waals surface area contributed by atoms with E-state index in [2.05, 4.69) is 0 Å². The summed E-state index contributed by atoms with van der Waals surface area (Å²) in [5.74, 6) is 1.39. The van der Waals surface area contributed by atoms with Crippen LogP contribution in [0.5, 0.6) is 5.75 Å². The Hall–Kier alpha value is -0.990. The SMILES string of the molecule is COCCOc1ccc(C=CCCl)cc1. The summed E-state index contributed by atoms with van der Waals surface area (Å²) in [4.78, 5) is 0.